The van der Waals surface area contributed by atoms with Gasteiger partial charge in [0.2, 0.25) is 5.88 Å². The Labute approximate surface area is 195 Å². The number of halogens is 3. The maximum atomic E-state index is 12.9. The number of hydrogen-bond acceptors (Lipinski definition) is 5. The van der Waals surface area contributed by atoms with E-state index in [0.717, 1.165) is 29.9 Å². The Morgan fingerprint density at radius 1 is 1.18 bits per heavy atom. The van der Waals surface area contributed by atoms with Gasteiger partial charge in [-0.05, 0) is 62.0 Å². The third-order valence-corrected chi connectivity index (χ3v) is 5.53. The number of hydrogen-bond donors (Lipinski definition) is 1. The molecule has 2 amide bonds. The van der Waals surface area contributed by atoms with Crippen molar-refractivity contribution in [1.29, 1.82) is 0 Å². The van der Waals surface area contributed by atoms with Gasteiger partial charge in [-0.1, -0.05) is 13.0 Å². The Bertz CT molecular complexity index is 1190. The second kappa shape index (κ2) is 9.68. The van der Waals surface area contributed by atoms with E-state index in [-0.39, 0.29) is 5.69 Å². The van der Waals surface area contributed by atoms with Crippen LogP contribution in [0.2, 0.25) is 0 Å². The van der Waals surface area contributed by atoms with E-state index in [2.05, 4.69) is 27.1 Å². The summed E-state index contributed by atoms with van der Waals surface area (Å²) in [5.41, 5.74) is 1.69. The van der Waals surface area contributed by atoms with E-state index >= 15 is 0 Å². The fourth-order valence-electron chi connectivity index (χ4n) is 3.65. The van der Waals surface area contributed by atoms with Gasteiger partial charge in [-0.15, -0.1) is 0 Å². The molecule has 2 aromatic carbocycles. The molecule has 0 saturated carbocycles. The molecule has 0 spiro atoms. The van der Waals surface area contributed by atoms with Crippen LogP contribution in [-0.2, 0) is 19.1 Å². The number of nitrogens with zero attached hydrogens (tertiary/aromatic N) is 4. The first-order chi connectivity index (χ1) is 16.2. The lowest BCUT2D eigenvalue weighted by atomic mass is 10.1. The molecule has 0 atom stereocenters. The van der Waals surface area contributed by atoms with Crippen LogP contribution in [0.4, 0.5) is 29.3 Å². The maximum absolute atomic E-state index is 12.9. The van der Waals surface area contributed by atoms with Crippen molar-refractivity contribution in [2.24, 2.45) is 0 Å². The molecule has 34 heavy (non-hydrogen) atoms. The van der Waals surface area contributed by atoms with Crippen molar-refractivity contribution in [2.75, 3.05) is 30.4 Å². The number of amides is 2. The number of carbonyl (C=O) groups is 1. The molecular formula is C24H24F3N5O2. The zero-order valence-corrected chi connectivity index (χ0v) is 18.8. The van der Waals surface area contributed by atoms with Crippen LogP contribution in [0.15, 0.2) is 54.9 Å². The molecule has 10 heteroatoms. The van der Waals surface area contributed by atoms with Gasteiger partial charge < -0.3 is 15.0 Å². The summed E-state index contributed by atoms with van der Waals surface area (Å²) in [6.07, 6.45) is -2.42. The van der Waals surface area contributed by atoms with Crippen LogP contribution >= 0.6 is 0 Å². The molecule has 7 nitrogen and oxygen atoms in total. The van der Waals surface area contributed by atoms with Crippen LogP contribution in [0.1, 0.15) is 23.7 Å². The largest absolute Gasteiger partial charge is 0.439 e. The molecule has 1 aliphatic heterocycles. The van der Waals surface area contributed by atoms with Crippen LogP contribution in [0, 0.1) is 0 Å². The SMILES string of the molecule is CCN(C)Cc1cc(Oc2ccc3c(c2)CCN3C(=O)Nc2cccc(C(F)(F)F)c2)ncn1. The molecule has 0 bridgehead atoms. The van der Waals surface area contributed by atoms with Gasteiger partial charge in [0.05, 0.1) is 11.3 Å². The lowest BCUT2D eigenvalue weighted by molar-refractivity contribution is -0.137. The molecule has 1 N–H and O–H groups in total. The van der Waals surface area contributed by atoms with Gasteiger partial charge in [0, 0.05) is 30.5 Å². The van der Waals surface area contributed by atoms with E-state index in [0.29, 0.717) is 36.8 Å². The number of urea groups is 1. The number of fused-ring (bicyclic) bond motifs is 1. The van der Waals surface area contributed by atoms with Gasteiger partial charge >= 0.3 is 12.2 Å². The zero-order valence-electron chi connectivity index (χ0n) is 18.8. The quantitative estimate of drug-likeness (QED) is 0.526. The minimum absolute atomic E-state index is 0.0847. The highest BCUT2D eigenvalue weighted by molar-refractivity contribution is 6.03. The van der Waals surface area contributed by atoms with Gasteiger partial charge in [0.15, 0.2) is 0 Å². The fourth-order valence-corrected chi connectivity index (χ4v) is 3.65. The van der Waals surface area contributed by atoms with Crippen LogP contribution in [0.25, 0.3) is 0 Å². The summed E-state index contributed by atoms with van der Waals surface area (Å²) in [7, 11) is 2.00. The maximum Gasteiger partial charge on any atom is 0.416 e. The number of anilines is 2. The average Bonchev–Trinajstić information content (AvgIpc) is 3.22. The van der Waals surface area contributed by atoms with Gasteiger partial charge in [0.25, 0.3) is 0 Å². The van der Waals surface area contributed by atoms with Gasteiger partial charge in [-0.3, -0.25) is 4.90 Å². The van der Waals surface area contributed by atoms with Crippen molar-refractivity contribution < 1.29 is 22.7 Å². The highest BCUT2D eigenvalue weighted by atomic mass is 19.4. The van der Waals surface area contributed by atoms with Crippen molar-refractivity contribution in [1.82, 2.24) is 14.9 Å². The number of nitrogens with one attached hydrogen (secondary N) is 1. The normalized spacial score (nSPS) is 13.2. The van der Waals surface area contributed by atoms with E-state index in [4.69, 9.17) is 4.74 Å². The molecule has 3 aromatic rings. The Hall–Kier alpha value is -3.66. The second-order valence-corrected chi connectivity index (χ2v) is 7.98. The van der Waals surface area contributed by atoms with Crippen molar-refractivity contribution in [3.8, 4) is 11.6 Å². The van der Waals surface area contributed by atoms with Crippen molar-refractivity contribution in [2.45, 2.75) is 26.1 Å². The molecule has 1 aliphatic rings. The van der Waals surface area contributed by atoms with E-state index < -0.39 is 17.8 Å². The predicted octanol–water partition coefficient (Wildman–Crippen LogP) is 5.33. The molecule has 0 saturated heterocycles. The second-order valence-electron chi connectivity index (χ2n) is 7.98. The Balaban J connectivity index is 1.45. The number of rotatable bonds is 6. The summed E-state index contributed by atoms with van der Waals surface area (Å²) in [6.45, 7) is 4.04. The fraction of sp³-hybridized carbons (Fsp3) is 0.292. The Morgan fingerprint density at radius 3 is 2.76 bits per heavy atom. The van der Waals surface area contributed by atoms with Gasteiger partial charge in [0.1, 0.15) is 12.1 Å². The minimum Gasteiger partial charge on any atom is -0.439 e. The van der Waals surface area contributed by atoms with Crippen molar-refractivity contribution in [3.63, 3.8) is 0 Å². The summed E-state index contributed by atoms with van der Waals surface area (Å²) in [5, 5.41) is 2.55. The smallest absolute Gasteiger partial charge is 0.416 e. The van der Waals surface area contributed by atoms with E-state index in [1.807, 2.05) is 13.1 Å². The van der Waals surface area contributed by atoms with Crippen molar-refractivity contribution >= 4 is 17.4 Å². The molecule has 0 radical (unpaired) electrons. The first kappa shape index (κ1) is 23.5. The average molecular weight is 471 g/mol. The number of carbonyl (C=O) groups excluding carboxylic acids is 1. The van der Waals surface area contributed by atoms with Crippen LogP contribution < -0.4 is 15.0 Å². The minimum atomic E-state index is -4.48. The van der Waals surface area contributed by atoms with E-state index in [9.17, 15) is 18.0 Å². The first-order valence-electron chi connectivity index (χ1n) is 10.8. The van der Waals surface area contributed by atoms with Crippen LogP contribution in [-0.4, -0.2) is 41.0 Å². The number of benzene rings is 2. The lowest BCUT2D eigenvalue weighted by Gasteiger charge is -2.19. The first-order valence-corrected chi connectivity index (χ1v) is 10.8. The lowest BCUT2D eigenvalue weighted by Crippen LogP contribution is -2.33. The molecule has 2 heterocycles. The Kier molecular flexibility index (Phi) is 6.69. The van der Waals surface area contributed by atoms with Gasteiger partial charge in [-0.25, -0.2) is 14.8 Å². The highest BCUT2D eigenvalue weighted by Crippen LogP contribution is 2.34. The van der Waals surface area contributed by atoms with E-state index in [1.54, 1.807) is 18.2 Å². The Morgan fingerprint density at radius 2 is 2.00 bits per heavy atom. The molecule has 0 unspecified atom stereocenters. The third kappa shape index (κ3) is 5.45. The summed E-state index contributed by atoms with van der Waals surface area (Å²) in [5.74, 6) is 0.999. The van der Waals surface area contributed by atoms with Crippen LogP contribution in [0.5, 0.6) is 11.6 Å². The van der Waals surface area contributed by atoms with Crippen molar-refractivity contribution in [3.05, 3.63) is 71.7 Å². The summed E-state index contributed by atoms with van der Waals surface area (Å²) < 4.78 is 44.7. The molecular weight excluding hydrogens is 447 g/mol. The van der Waals surface area contributed by atoms with Crippen LogP contribution in [0.3, 0.4) is 0 Å². The molecule has 0 aliphatic carbocycles. The summed E-state index contributed by atoms with van der Waals surface area (Å²) >= 11 is 0. The van der Waals surface area contributed by atoms with E-state index in [1.165, 1.54) is 23.4 Å². The predicted molar refractivity (Wildman–Crippen MR) is 122 cm³/mol. The number of alkyl halides is 3. The standard InChI is InChI=1S/C24H24F3N5O2/c1-3-31(2)14-19-13-22(29-15-28-19)34-20-7-8-21-16(11-20)9-10-32(21)23(33)30-18-6-4-5-17(12-18)24(25,26)27/h4-8,11-13,15H,3,9-10,14H2,1-2H3,(H,30,33). The van der Waals surface area contributed by atoms with Gasteiger partial charge in [-0.2, -0.15) is 13.2 Å². The summed E-state index contributed by atoms with van der Waals surface area (Å²) in [4.78, 5) is 24.8. The number of aromatic nitrogens is 2. The zero-order chi connectivity index (χ0) is 24.3. The molecule has 178 valence electrons. The molecule has 4 rings (SSSR count). The third-order valence-electron chi connectivity index (χ3n) is 5.53. The highest BCUT2D eigenvalue weighted by Gasteiger charge is 2.31. The molecule has 0 fully saturated rings. The topological polar surface area (TPSA) is 70.6 Å². The summed E-state index contributed by atoms with van der Waals surface area (Å²) in [6, 6.07) is 11.2. The molecule has 1 aromatic heterocycles. The number of ether oxygens (including phenoxy) is 1. The monoisotopic (exact) mass is 471 g/mol.